The second-order valence-electron chi connectivity index (χ2n) is 5.50. The number of benzene rings is 1. The van der Waals surface area contributed by atoms with Gasteiger partial charge >= 0.3 is 0 Å². The number of hydrogen-bond donors (Lipinski definition) is 2. The van der Waals surface area contributed by atoms with E-state index in [9.17, 15) is 5.11 Å². The van der Waals surface area contributed by atoms with Crippen LogP contribution in [0.3, 0.4) is 0 Å². The number of nitrogens with one attached hydrogen (secondary N) is 1. The molecular weight excluding hydrogens is 210 g/mol. The molecule has 1 saturated heterocycles. The summed E-state index contributed by atoms with van der Waals surface area (Å²) in [5.74, 6) is 0. The average molecular weight is 233 g/mol. The SMILES string of the molecule is Cc1cc(C)cc(CC2(O)CCCNCC2)c1. The third kappa shape index (κ3) is 3.55. The van der Waals surface area contributed by atoms with Crippen molar-refractivity contribution in [3.05, 3.63) is 34.9 Å². The third-order valence-corrected chi connectivity index (χ3v) is 3.58. The van der Waals surface area contributed by atoms with Crippen molar-refractivity contribution in [2.24, 2.45) is 0 Å². The van der Waals surface area contributed by atoms with E-state index in [1.54, 1.807) is 0 Å². The molecule has 0 spiro atoms. The van der Waals surface area contributed by atoms with Crippen molar-refractivity contribution in [1.29, 1.82) is 0 Å². The smallest absolute Gasteiger partial charge is 0.0700 e. The van der Waals surface area contributed by atoms with Crippen LogP contribution < -0.4 is 5.32 Å². The Morgan fingerprint density at radius 1 is 1.12 bits per heavy atom. The van der Waals surface area contributed by atoms with Crippen LogP contribution in [0.5, 0.6) is 0 Å². The summed E-state index contributed by atoms with van der Waals surface area (Å²) in [7, 11) is 0. The lowest BCUT2D eigenvalue weighted by atomic mass is 9.87. The summed E-state index contributed by atoms with van der Waals surface area (Å²) in [5.41, 5.74) is 3.33. The van der Waals surface area contributed by atoms with Gasteiger partial charge in [0.1, 0.15) is 0 Å². The lowest BCUT2D eigenvalue weighted by molar-refractivity contribution is 0.0284. The highest BCUT2D eigenvalue weighted by Crippen LogP contribution is 2.25. The predicted molar refractivity (Wildman–Crippen MR) is 71.3 cm³/mol. The van der Waals surface area contributed by atoms with Crippen LogP contribution in [-0.2, 0) is 6.42 Å². The Morgan fingerprint density at radius 3 is 2.53 bits per heavy atom. The highest BCUT2D eigenvalue weighted by Gasteiger charge is 2.28. The molecule has 1 atom stereocenters. The van der Waals surface area contributed by atoms with Gasteiger partial charge in [0.05, 0.1) is 5.60 Å². The molecule has 0 bridgehead atoms. The second-order valence-corrected chi connectivity index (χ2v) is 5.50. The molecule has 2 heteroatoms. The van der Waals surface area contributed by atoms with Gasteiger partial charge in [-0.15, -0.1) is 0 Å². The molecule has 1 heterocycles. The molecule has 2 N–H and O–H groups in total. The van der Waals surface area contributed by atoms with E-state index in [2.05, 4.69) is 37.4 Å². The van der Waals surface area contributed by atoms with Crippen LogP contribution >= 0.6 is 0 Å². The molecule has 0 aromatic heterocycles. The first-order valence-corrected chi connectivity index (χ1v) is 6.58. The van der Waals surface area contributed by atoms with Gasteiger partial charge in [-0.05, 0) is 51.8 Å². The molecule has 1 fully saturated rings. The van der Waals surface area contributed by atoms with Crippen molar-refractivity contribution in [3.63, 3.8) is 0 Å². The Morgan fingerprint density at radius 2 is 1.82 bits per heavy atom. The van der Waals surface area contributed by atoms with Crippen LogP contribution in [0.2, 0.25) is 0 Å². The fraction of sp³-hybridized carbons (Fsp3) is 0.600. The monoisotopic (exact) mass is 233 g/mol. The highest BCUT2D eigenvalue weighted by molar-refractivity contribution is 5.29. The maximum atomic E-state index is 10.6. The lowest BCUT2D eigenvalue weighted by Crippen LogP contribution is -2.32. The molecule has 1 aliphatic heterocycles. The first kappa shape index (κ1) is 12.6. The molecule has 1 aromatic rings. The van der Waals surface area contributed by atoms with E-state index >= 15 is 0 Å². The van der Waals surface area contributed by atoms with E-state index in [1.807, 2.05) is 0 Å². The summed E-state index contributed by atoms with van der Waals surface area (Å²) in [4.78, 5) is 0. The summed E-state index contributed by atoms with van der Waals surface area (Å²) in [6.45, 7) is 6.21. The summed E-state index contributed by atoms with van der Waals surface area (Å²) in [6.07, 6.45) is 3.63. The largest absolute Gasteiger partial charge is 0.389 e. The molecule has 1 aliphatic rings. The van der Waals surface area contributed by atoms with E-state index in [1.165, 1.54) is 16.7 Å². The van der Waals surface area contributed by atoms with Crippen molar-refractivity contribution in [2.75, 3.05) is 13.1 Å². The molecule has 1 aromatic carbocycles. The van der Waals surface area contributed by atoms with Crippen LogP contribution in [0.25, 0.3) is 0 Å². The Labute approximate surface area is 104 Å². The van der Waals surface area contributed by atoms with Gasteiger partial charge in [-0.2, -0.15) is 0 Å². The minimum absolute atomic E-state index is 0.510. The molecule has 2 rings (SSSR count). The number of aliphatic hydroxyl groups is 1. The minimum atomic E-state index is -0.510. The van der Waals surface area contributed by atoms with Gasteiger partial charge in [-0.25, -0.2) is 0 Å². The maximum absolute atomic E-state index is 10.6. The van der Waals surface area contributed by atoms with Crippen LogP contribution in [0, 0.1) is 13.8 Å². The average Bonchev–Trinajstić information content (AvgIpc) is 2.41. The van der Waals surface area contributed by atoms with E-state index in [0.717, 1.165) is 38.8 Å². The molecule has 0 aliphatic carbocycles. The molecular formula is C15H23NO. The Hall–Kier alpha value is -0.860. The van der Waals surface area contributed by atoms with Crippen LogP contribution in [-0.4, -0.2) is 23.8 Å². The van der Waals surface area contributed by atoms with Crippen LogP contribution in [0.4, 0.5) is 0 Å². The molecule has 1 unspecified atom stereocenters. The fourth-order valence-corrected chi connectivity index (χ4v) is 2.84. The molecule has 0 amide bonds. The zero-order valence-corrected chi connectivity index (χ0v) is 10.9. The second kappa shape index (κ2) is 5.19. The lowest BCUT2D eigenvalue weighted by Gasteiger charge is -2.26. The Balaban J connectivity index is 2.12. The summed E-state index contributed by atoms with van der Waals surface area (Å²) in [6, 6.07) is 6.58. The zero-order chi connectivity index (χ0) is 12.3. The fourth-order valence-electron chi connectivity index (χ4n) is 2.84. The Kier molecular flexibility index (Phi) is 3.85. The van der Waals surface area contributed by atoms with Crippen molar-refractivity contribution in [3.8, 4) is 0 Å². The van der Waals surface area contributed by atoms with Crippen molar-refractivity contribution in [2.45, 2.75) is 45.1 Å². The van der Waals surface area contributed by atoms with Gasteiger partial charge in [0.2, 0.25) is 0 Å². The quantitative estimate of drug-likeness (QED) is 0.822. The molecule has 0 radical (unpaired) electrons. The van der Waals surface area contributed by atoms with Crippen molar-refractivity contribution < 1.29 is 5.11 Å². The first-order chi connectivity index (χ1) is 8.07. The van der Waals surface area contributed by atoms with Crippen molar-refractivity contribution >= 4 is 0 Å². The van der Waals surface area contributed by atoms with Gasteiger partial charge in [0, 0.05) is 6.42 Å². The van der Waals surface area contributed by atoms with E-state index in [0.29, 0.717) is 0 Å². The molecule has 2 nitrogen and oxygen atoms in total. The van der Waals surface area contributed by atoms with E-state index in [-0.39, 0.29) is 0 Å². The molecule has 0 saturated carbocycles. The summed E-state index contributed by atoms with van der Waals surface area (Å²) in [5, 5.41) is 14.0. The standard InChI is InChI=1S/C15H23NO/c1-12-8-13(2)10-14(9-12)11-15(17)4-3-6-16-7-5-15/h8-10,16-17H,3-7,11H2,1-2H3. The minimum Gasteiger partial charge on any atom is -0.389 e. The number of aryl methyl sites for hydroxylation is 2. The summed E-state index contributed by atoms with van der Waals surface area (Å²) >= 11 is 0. The first-order valence-electron chi connectivity index (χ1n) is 6.58. The predicted octanol–water partition coefficient (Wildman–Crippen LogP) is 2.35. The zero-order valence-electron chi connectivity index (χ0n) is 10.9. The summed E-state index contributed by atoms with van der Waals surface area (Å²) < 4.78 is 0. The maximum Gasteiger partial charge on any atom is 0.0700 e. The topological polar surface area (TPSA) is 32.3 Å². The third-order valence-electron chi connectivity index (χ3n) is 3.58. The van der Waals surface area contributed by atoms with Gasteiger partial charge in [-0.1, -0.05) is 29.3 Å². The Bertz CT molecular complexity index is 358. The van der Waals surface area contributed by atoms with Crippen molar-refractivity contribution in [1.82, 2.24) is 5.32 Å². The van der Waals surface area contributed by atoms with Gasteiger partial charge < -0.3 is 10.4 Å². The van der Waals surface area contributed by atoms with Gasteiger partial charge in [-0.3, -0.25) is 0 Å². The number of rotatable bonds is 2. The van der Waals surface area contributed by atoms with Gasteiger partial charge in [0.15, 0.2) is 0 Å². The normalized spacial score (nSPS) is 25.6. The molecule has 17 heavy (non-hydrogen) atoms. The van der Waals surface area contributed by atoms with Crippen LogP contribution in [0.1, 0.15) is 36.0 Å². The number of hydrogen-bond acceptors (Lipinski definition) is 2. The van der Waals surface area contributed by atoms with E-state index in [4.69, 9.17) is 0 Å². The van der Waals surface area contributed by atoms with Gasteiger partial charge in [0.25, 0.3) is 0 Å². The molecule has 94 valence electrons. The van der Waals surface area contributed by atoms with Crippen LogP contribution in [0.15, 0.2) is 18.2 Å². The van der Waals surface area contributed by atoms with E-state index < -0.39 is 5.60 Å². The highest BCUT2D eigenvalue weighted by atomic mass is 16.3.